The predicted molar refractivity (Wildman–Crippen MR) is 74.9 cm³/mol. The molecule has 5 nitrogen and oxygen atoms in total. The van der Waals surface area contributed by atoms with Crippen molar-refractivity contribution in [1.29, 1.82) is 0 Å². The quantitative estimate of drug-likeness (QED) is 0.840. The SMILES string of the molecule is COc1cccc(NC(=O)OCc2ccccc2)c1O. The summed E-state index contributed by atoms with van der Waals surface area (Å²) >= 11 is 0. The molecule has 0 spiro atoms. The molecule has 0 atom stereocenters. The maximum absolute atomic E-state index is 11.7. The van der Waals surface area contributed by atoms with Gasteiger partial charge in [0.05, 0.1) is 12.8 Å². The van der Waals surface area contributed by atoms with Gasteiger partial charge in [0.25, 0.3) is 0 Å². The van der Waals surface area contributed by atoms with Crippen molar-refractivity contribution in [3.05, 3.63) is 54.1 Å². The first-order valence-electron chi connectivity index (χ1n) is 6.04. The number of hydrogen-bond acceptors (Lipinski definition) is 4. The van der Waals surface area contributed by atoms with Crippen LogP contribution in [0.1, 0.15) is 5.56 Å². The number of nitrogens with one attached hydrogen (secondary N) is 1. The van der Waals surface area contributed by atoms with E-state index in [2.05, 4.69) is 5.32 Å². The van der Waals surface area contributed by atoms with Crippen LogP contribution >= 0.6 is 0 Å². The van der Waals surface area contributed by atoms with Gasteiger partial charge in [0.15, 0.2) is 11.5 Å². The van der Waals surface area contributed by atoms with Crippen LogP contribution in [0.5, 0.6) is 11.5 Å². The molecule has 104 valence electrons. The summed E-state index contributed by atoms with van der Waals surface area (Å²) in [5.41, 5.74) is 1.12. The molecule has 2 aromatic rings. The maximum atomic E-state index is 11.7. The topological polar surface area (TPSA) is 67.8 Å². The number of anilines is 1. The number of hydrogen-bond donors (Lipinski definition) is 2. The second kappa shape index (κ2) is 6.47. The van der Waals surface area contributed by atoms with Crippen molar-refractivity contribution < 1.29 is 19.4 Å². The zero-order valence-electron chi connectivity index (χ0n) is 11.0. The molecule has 0 unspecified atom stereocenters. The van der Waals surface area contributed by atoms with Crippen LogP contribution in [-0.4, -0.2) is 18.3 Å². The number of phenolic OH excluding ortho intramolecular Hbond substituents is 1. The van der Waals surface area contributed by atoms with Crippen LogP contribution in [-0.2, 0) is 11.3 Å². The Bertz CT molecular complexity index is 584. The van der Waals surface area contributed by atoms with Gasteiger partial charge in [-0.05, 0) is 17.7 Å². The van der Waals surface area contributed by atoms with Crippen LogP contribution in [0.2, 0.25) is 0 Å². The Kier molecular flexibility index (Phi) is 4.44. The molecule has 5 heteroatoms. The fraction of sp³-hybridized carbons (Fsp3) is 0.133. The summed E-state index contributed by atoms with van der Waals surface area (Å²) in [4.78, 5) is 11.7. The van der Waals surface area contributed by atoms with Gasteiger partial charge >= 0.3 is 6.09 Å². The van der Waals surface area contributed by atoms with E-state index < -0.39 is 6.09 Å². The first kappa shape index (κ1) is 13.7. The van der Waals surface area contributed by atoms with Gasteiger partial charge in [-0.2, -0.15) is 0 Å². The van der Waals surface area contributed by atoms with Crippen LogP contribution in [0.15, 0.2) is 48.5 Å². The molecular formula is C15H15NO4. The second-order valence-electron chi connectivity index (χ2n) is 4.04. The molecular weight excluding hydrogens is 258 g/mol. The highest BCUT2D eigenvalue weighted by molar-refractivity contribution is 5.87. The highest BCUT2D eigenvalue weighted by Gasteiger charge is 2.11. The number of rotatable bonds is 4. The van der Waals surface area contributed by atoms with Gasteiger partial charge in [-0.15, -0.1) is 0 Å². The lowest BCUT2D eigenvalue weighted by molar-refractivity contribution is 0.155. The van der Waals surface area contributed by atoms with Gasteiger partial charge in [-0.1, -0.05) is 36.4 Å². The van der Waals surface area contributed by atoms with Crippen molar-refractivity contribution in [2.75, 3.05) is 12.4 Å². The minimum atomic E-state index is -0.641. The van der Waals surface area contributed by atoms with E-state index in [1.54, 1.807) is 18.2 Å². The number of benzene rings is 2. The summed E-state index contributed by atoms with van der Waals surface area (Å²) in [5, 5.41) is 12.3. The standard InChI is InChI=1S/C15H15NO4/c1-19-13-9-5-8-12(14(13)17)16-15(18)20-10-11-6-3-2-4-7-11/h2-9,17H,10H2,1H3,(H,16,18). The molecule has 1 amide bonds. The molecule has 0 saturated carbocycles. The van der Waals surface area contributed by atoms with Crippen molar-refractivity contribution in [3.8, 4) is 11.5 Å². The molecule has 0 fully saturated rings. The van der Waals surface area contributed by atoms with E-state index >= 15 is 0 Å². The number of carbonyl (C=O) groups is 1. The smallest absolute Gasteiger partial charge is 0.412 e. The monoisotopic (exact) mass is 273 g/mol. The molecule has 20 heavy (non-hydrogen) atoms. The number of ether oxygens (including phenoxy) is 2. The van der Waals surface area contributed by atoms with E-state index in [4.69, 9.17) is 9.47 Å². The van der Waals surface area contributed by atoms with Crippen molar-refractivity contribution in [3.63, 3.8) is 0 Å². The third-order valence-electron chi connectivity index (χ3n) is 2.67. The largest absolute Gasteiger partial charge is 0.503 e. The molecule has 0 radical (unpaired) electrons. The van der Waals surface area contributed by atoms with E-state index in [0.29, 0.717) is 0 Å². The summed E-state index contributed by atoms with van der Waals surface area (Å²) in [6, 6.07) is 14.1. The minimum absolute atomic E-state index is 0.133. The average Bonchev–Trinajstić information content (AvgIpc) is 2.48. The number of carbonyl (C=O) groups excluding carboxylic acids is 1. The van der Waals surface area contributed by atoms with Crippen LogP contribution in [0.4, 0.5) is 10.5 Å². The zero-order chi connectivity index (χ0) is 14.4. The molecule has 0 aliphatic carbocycles. The first-order chi connectivity index (χ1) is 9.70. The molecule has 0 aliphatic rings. The first-order valence-corrected chi connectivity index (χ1v) is 6.04. The predicted octanol–water partition coefficient (Wildman–Crippen LogP) is 3.15. The number of para-hydroxylation sites is 1. The lowest BCUT2D eigenvalue weighted by atomic mass is 10.2. The van der Waals surface area contributed by atoms with E-state index in [1.165, 1.54) is 7.11 Å². The zero-order valence-corrected chi connectivity index (χ0v) is 11.0. The Hall–Kier alpha value is -2.69. The Labute approximate surface area is 116 Å². The van der Waals surface area contributed by atoms with Gasteiger partial charge in [0, 0.05) is 0 Å². The van der Waals surface area contributed by atoms with Crippen LogP contribution < -0.4 is 10.1 Å². The van der Waals surface area contributed by atoms with Crippen molar-refractivity contribution in [2.24, 2.45) is 0 Å². The van der Waals surface area contributed by atoms with Gasteiger partial charge in [-0.25, -0.2) is 4.79 Å². The summed E-state index contributed by atoms with van der Waals surface area (Å²) in [7, 11) is 1.44. The summed E-state index contributed by atoms with van der Waals surface area (Å²) < 4.78 is 10.0. The Morgan fingerprint density at radius 1 is 1.15 bits per heavy atom. The third kappa shape index (κ3) is 3.41. The normalized spacial score (nSPS) is 9.85. The van der Waals surface area contributed by atoms with E-state index in [0.717, 1.165) is 5.56 Å². The molecule has 2 N–H and O–H groups in total. The average molecular weight is 273 g/mol. The van der Waals surface area contributed by atoms with E-state index in [1.807, 2.05) is 30.3 Å². The molecule has 2 rings (SSSR count). The minimum Gasteiger partial charge on any atom is -0.503 e. The highest BCUT2D eigenvalue weighted by Crippen LogP contribution is 2.33. The van der Waals surface area contributed by atoms with Gasteiger partial charge in [0.1, 0.15) is 6.61 Å². The molecule has 0 aromatic heterocycles. The van der Waals surface area contributed by atoms with Crippen molar-refractivity contribution in [2.45, 2.75) is 6.61 Å². The lowest BCUT2D eigenvalue weighted by Crippen LogP contribution is -2.13. The van der Waals surface area contributed by atoms with Crippen molar-refractivity contribution in [1.82, 2.24) is 0 Å². The number of aromatic hydroxyl groups is 1. The number of amides is 1. The summed E-state index contributed by atoms with van der Waals surface area (Å²) in [6.45, 7) is 0.164. The van der Waals surface area contributed by atoms with Gasteiger partial charge < -0.3 is 14.6 Å². The molecule has 2 aromatic carbocycles. The Morgan fingerprint density at radius 2 is 1.90 bits per heavy atom. The number of phenols is 1. The third-order valence-corrected chi connectivity index (χ3v) is 2.67. The fourth-order valence-corrected chi connectivity index (χ4v) is 1.66. The molecule has 0 saturated heterocycles. The molecule has 0 aliphatic heterocycles. The van der Waals surface area contributed by atoms with Gasteiger partial charge in [-0.3, -0.25) is 5.32 Å². The fourth-order valence-electron chi connectivity index (χ4n) is 1.66. The second-order valence-corrected chi connectivity index (χ2v) is 4.04. The highest BCUT2D eigenvalue weighted by atomic mass is 16.5. The van der Waals surface area contributed by atoms with Gasteiger partial charge in [0.2, 0.25) is 0 Å². The van der Waals surface area contributed by atoms with Crippen LogP contribution in [0.25, 0.3) is 0 Å². The van der Waals surface area contributed by atoms with Crippen molar-refractivity contribution >= 4 is 11.8 Å². The van der Waals surface area contributed by atoms with Crippen LogP contribution in [0, 0.1) is 0 Å². The maximum Gasteiger partial charge on any atom is 0.412 e. The lowest BCUT2D eigenvalue weighted by Gasteiger charge is -2.10. The van der Waals surface area contributed by atoms with E-state index in [9.17, 15) is 9.90 Å². The molecule has 0 bridgehead atoms. The van der Waals surface area contributed by atoms with Crippen LogP contribution in [0.3, 0.4) is 0 Å². The van der Waals surface area contributed by atoms with E-state index in [-0.39, 0.29) is 23.8 Å². The molecule has 0 heterocycles. The summed E-state index contributed by atoms with van der Waals surface area (Å²) in [5.74, 6) is 0.150. The Balaban J connectivity index is 1.95. The Morgan fingerprint density at radius 3 is 2.60 bits per heavy atom. The number of methoxy groups -OCH3 is 1. The summed E-state index contributed by atoms with van der Waals surface area (Å²) in [6.07, 6.45) is -0.641.